The highest BCUT2D eigenvalue weighted by Gasteiger charge is 2.29. The Morgan fingerprint density at radius 1 is 1.04 bits per heavy atom. The Labute approximate surface area is 154 Å². The van der Waals surface area contributed by atoms with Gasteiger partial charge in [-0.25, -0.2) is 4.68 Å². The lowest BCUT2D eigenvalue weighted by molar-refractivity contribution is 0.0972. The summed E-state index contributed by atoms with van der Waals surface area (Å²) in [7, 11) is 0. The summed E-state index contributed by atoms with van der Waals surface area (Å²) in [5.74, 6) is 0.744. The maximum absolute atomic E-state index is 9.94. The molecule has 1 aliphatic rings. The number of hydrogen-bond acceptors (Lipinski definition) is 3. The minimum absolute atomic E-state index is 0.239. The molecule has 26 heavy (non-hydrogen) atoms. The van der Waals surface area contributed by atoms with Crippen LogP contribution in [0, 0.1) is 5.92 Å². The van der Waals surface area contributed by atoms with Crippen LogP contribution in [0.1, 0.15) is 23.5 Å². The zero-order valence-corrected chi connectivity index (χ0v) is 14.9. The van der Waals surface area contributed by atoms with Gasteiger partial charge in [-0.3, -0.25) is 4.90 Å². The van der Waals surface area contributed by atoms with Crippen LogP contribution in [0.3, 0.4) is 0 Å². The lowest BCUT2D eigenvalue weighted by Crippen LogP contribution is -2.40. The zero-order valence-electron chi connectivity index (χ0n) is 14.9. The largest absolute Gasteiger partial charge is 0.396 e. The number of aromatic nitrogens is 2. The van der Waals surface area contributed by atoms with Crippen LogP contribution in [0.2, 0.25) is 0 Å². The van der Waals surface area contributed by atoms with Gasteiger partial charge in [0, 0.05) is 38.0 Å². The van der Waals surface area contributed by atoms with E-state index in [1.165, 1.54) is 11.1 Å². The van der Waals surface area contributed by atoms with Gasteiger partial charge in [-0.15, -0.1) is 0 Å². The van der Waals surface area contributed by atoms with E-state index in [4.69, 9.17) is 0 Å². The molecule has 0 unspecified atom stereocenters. The Morgan fingerprint density at radius 3 is 2.69 bits per heavy atom. The van der Waals surface area contributed by atoms with Gasteiger partial charge in [0.1, 0.15) is 0 Å². The molecule has 3 aromatic rings. The molecule has 4 nitrogen and oxygen atoms in total. The summed E-state index contributed by atoms with van der Waals surface area (Å²) in [5, 5.41) is 14.3. The summed E-state index contributed by atoms with van der Waals surface area (Å²) < 4.78 is 1.89. The molecular formula is C22H25N3O. The standard InChI is InChI=1S/C22H25N3O/c26-17-20-16-24(13-10-22(20)19-7-2-1-3-8-19)15-18-6-4-9-21(14-18)25-12-5-11-23-25/h1-9,11-12,14,20,22,26H,10,13,15-17H2/t20-,22+/m1/s1. The topological polar surface area (TPSA) is 41.3 Å². The van der Waals surface area contributed by atoms with Crippen molar-refractivity contribution < 1.29 is 5.11 Å². The molecule has 1 saturated heterocycles. The fourth-order valence-corrected chi connectivity index (χ4v) is 4.05. The lowest BCUT2D eigenvalue weighted by Gasteiger charge is -2.38. The van der Waals surface area contributed by atoms with Gasteiger partial charge in [0.15, 0.2) is 0 Å². The molecule has 2 atom stereocenters. The van der Waals surface area contributed by atoms with Crippen LogP contribution >= 0.6 is 0 Å². The average molecular weight is 347 g/mol. The van der Waals surface area contributed by atoms with Crippen molar-refractivity contribution >= 4 is 0 Å². The summed E-state index contributed by atoms with van der Waals surface area (Å²) in [6.45, 7) is 3.14. The highest BCUT2D eigenvalue weighted by Crippen LogP contribution is 2.33. The fraction of sp³-hybridized carbons (Fsp3) is 0.318. The summed E-state index contributed by atoms with van der Waals surface area (Å²) >= 11 is 0. The number of aliphatic hydroxyl groups is 1. The first-order chi connectivity index (χ1) is 12.8. The van der Waals surface area contributed by atoms with Crippen molar-refractivity contribution in [2.24, 2.45) is 5.92 Å². The van der Waals surface area contributed by atoms with Crippen molar-refractivity contribution in [1.29, 1.82) is 0 Å². The molecule has 1 aromatic heterocycles. The van der Waals surface area contributed by atoms with Gasteiger partial charge in [-0.2, -0.15) is 5.10 Å². The predicted molar refractivity (Wildman–Crippen MR) is 103 cm³/mol. The second-order valence-corrected chi connectivity index (χ2v) is 7.10. The molecule has 134 valence electrons. The molecule has 0 saturated carbocycles. The van der Waals surface area contributed by atoms with E-state index >= 15 is 0 Å². The summed E-state index contributed by atoms with van der Waals surface area (Å²) in [4.78, 5) is 2.46. The Hall–Kier alpha value is -2.43. The smallest absolute Gasteiger partial charge is 0.0648 e. The number of likely N-dealkylation sites (tertiary alicyclic amines) is 1. The third-order valence-corrected chi connectivity index (χ3v) is 5.37. The maximum atomic E-state index is 9.94. The highest BCUT2D eigenvalue weighted by atomic mass is 16.3. The Morgan fingerprint density at radius 2 is 1.92 bits per heavy atom. The average Bonchev–Trinajstić information content (AvgIpc) is 3.24. The molecule has 0 radical (unpaired) electrons. The number of rotatable bonds is 5. The lowest BCUT2D eigenvalue weighted by atomic mass is 9.81. The molecule has 1 fully saturated rings. The van der Waals surface area contributed by atoms with Crippen LogP contribution in [0.25, 0.3) is 5.69 Å². The molecule has 0 spiro atoms. The number of piperidine rings is 1. The van der Waals surface area contributed by atoms with Crippen molar-refractivity contribution in [3.8, 4) is 5.69 Å². The van der Waals surface area contributed by atoms with Crippen molar-refractivity contribution in [2.75, 3.05) is 19.7 Å². The summed E-state index contributed by atoms with van der Waals surface area (Å²) in [6.07, 6.45) is 4.85. The van der Waals surface area contributed by atoms with Crippen LogP contribution in [0.5, 0.6) is 0 Å². The monoisotopic (exact) mass is 347 g/mol. The second-order valence-electron chi connectivity index (χ2n) is 7.10. The molecule has 0 amide bonds. The third kappa shape index (κ3) is 3.71. The first-order valence-electron chi connectivity index (χ1n) is 9.30. The first-order valence-corrected chi connectivity index (χ1v) is 9.30. The number of hydrogen-bond donors (Lipinski definition) is 1. The van der Waals surface area contributed by atoms with E-state index in [9.17, 15) is 5.11 Å². The number of nitrogens with zero attached hydrogens (tertiary/aromatic N) is 3. The van der Waals surface area contributed by atoms with Gasteiger partial charge in [0.05, 0.1) is 5.69 Å². The van der Waals surface area contributed by atoms with Gasteiger partial charge in [0.2, 0.25) is 0 Å². The van der Waals surface area contributed by atoms with Crippen LogP contribution in [0.15, 0.2) is 73.1 Å². The molecule has 2 heterocycles. The van der Waals surface area contributed by atoms with Gasteiger partial charge < -0.3 is 5.11 Å². The van der Waals surface area contributed by atoms with Crippen LogP contribution in [0.4, 0.5) is 0 Å². The predicted octanol–water partition coefficient (Wildman–Crippen LogP) is 3.47. The van der Waals surface area contributed by atoms with Crippen molar-refractivity contribution in [1.82, 2.24) is 14.7 Å². The van der Waals surface area contributed by atoms with E-state index in [1.54, 1.807) is 6.20 Å². The van der Waals surface area contributed by atoms with Gasteiger partial charge in [-0.1, -0.05) is 42.5 Å². The fourth-order valence-electron chi connectivity index (χ4n) is 4.05. The van der Waals surface area contributed by atoms with E-state index in [-0.39, 0.29) is 6.61 Å². The molecule has 1 aliphatic heterocycles. The molecule has 4 heteroatoms. The molecule has 0 aliphatic carbocycles. The third-order valence-electron chi connectivity index (χ3n) is 5.37. The van der Waals surface area contributed by atoms with E-state index in [0.717, 1.165) is 31.7 Å². The van der Waals surface area contributed by atoms with Crippen molar-refractivity contribution in [3.05, 3.63) is 84.2 Å². The van der Waals surface area contributed by atoms with E-state index < -0.39 is 0 Å². The molecule has 2 aromatic carbocycles. The normalized spacial score (nSPS) is 21.0. The van der Waals surface area contributed by atoms with Gasteiger partial charge >= 0.3 is 0 Å². The Kier molecular flexibility index (Phi) is 5.14. The van der Waals surface area contributed by atoms with E-state index in [2.05, 4.69) is 64.6 Å². The molecule has 0 bridgehead atoms. The van der Waals surface area contributed by atoms with Crippen molar-refractivity contribution in [2.45, 2.75) is 18.9 Å². The minimum atomic E-state index is 0.239. The van der Waals surface area contributed by atoms with Crippen molar-refractivity contribution in [3.63, 3.8) is 0 Å². The quantitative estimate of drug-likeness (QED) is 0.768. The Bertz CT molecular complexity index is 816. The Balaban J connectivity index is 1.45. The van der Waals surface area contributed by atoms with E-state index in [1.807, 2.05) is 16.9 Å². The van der Waals surface area contributed by atoms with Gasteiger partial charge in [-0.05, 0) is 48.2 Å². The molecule has 4 rings (SSSR count). The maximum Gasteiger partial charge on any atom is 0.0648 e. The zero-order chi connectivity index (χ0) is 17.8. The second kappa shape index (κ2) is 7.85. The summed E-state index contributed by atoms with van der Waals surface area (Å²) in [5.41, 5.74) is 3.73. The van der Waals surface area contributed by atoms with Crippen LogP contribution in [-0.2, 0) is 6.54 Å². The SMILES string of the molecule is OC[C@H]1CN(Cc2cccc(-n3cccn3)c2)CC[C@H]1c1ccccc1. The molecule has 1 N–H and O–H groups in total. The highest BCUT2D eigenvalue weighted by molar-refractivity contribution is 5.35. The minimum Gasteiger partial charge on any atom is -0.396 e. The summed E-state index contributed by atoms with van der Waals surface area (Å²) in [6, 6.07) is 21.1. The first kappa shape index (κ1) is 17.0. The van der Waals surface area contributed by atoms with Crippen LogP contribution in [-0.4, -0.2) is 39.5 Å². The van der Waals surface area contributed by atoms with E-state index in [0.29, 0.717) is 11.8 Å². The number of benzene rings is 2. The van der Waals surface area contributed by atoms with Crippen LogP contribution < -0.4 is 0 Å². The van der Waals surface area contributed by atoms with Gasteiger partial charge in [0.25, 0.3) is 0 Å². The molecular weight excluding hydrogens is 322 g/mol. The number of aliphatic hydroxyl groups excluding tert-OH is 1.